The molecule has 0 saturated carbocycles. The Morgan fingerprint density at radius 3 is 1.13 bits per heavy atom. The first kappa shape index (κ1) is 38.7. The number of aryl methyl sites for hydroxylation is 2. The number of non-ortho nitro benzene ring substituents is 2. The molecule has 2 aromatic rings. The van der Waals surface area contributed by atoms with Crippen LogP contribution in [-0.4, -0.2) is 16.0 Å². The van der Waals surface area contributed by atoms with Crippen molar-refractivity contribution < 1.29 is 24.1 Å². The van der Waals surface area contributed by atoms with Crippen LogP contribution in [0.15, 0.2) is 36.4 Å². The van der Waals surface area contributed by atoms with Gasteiger partial charge in [-0.3, -0.25) is 20.2 Å². The number of hydrogen-bond donors (Lipinski definition) is 0. The van der Waals surface area contributed by atoms with Gasteiger partial charge in [0.05, 0.1) is 9.85 Å². The first-order valence-corrected chi connectivity index (χ1v) is 17.8. The summed E-state index contributed by atoms with van der Waals surface area (Å²) in [6, 6.07) is 8.41. The Kier molecular flexibility index (Phi) is 20.0. The van der Waals surface area contributed by atoms with Crippen LogP contribution < -0.4 is 9.47 Å². The predicted molar refractivity (Wildman–Crippen MR) is 184 cm³/mol. The predicted octanol–water partition coefficient (Wildman–Crippen LogP) is 12.0. The number of carbonyl (C=O) groups excluding carboxylic acids is 1. The summed E-state index contributed by atoms with van der Waals surface area (Å²) in [6.07, 6.45) is 23.6. The van der Waals surface area contributed by atoms with Crippen LogP contribution in [0.3, 0.4) is 0 Å². The van der Waals surface area contributed by atoms with Crippen LogP contribution >= 0.6 is 0 Å². The molecule has 0 fully saturated rings. The number of nitro benzene ring substituents is 2. The monoisotopic (exact) mass is 640 g/mol. The molecule has 0 heterocycles. The van der Waals surface area contributed by atoms with Crippen LogP contribution in [0, 0.1) is 20.2 Å². The number of unbranched alkanes of at least 4 members (excludes halogenated alkanes) is 18. The SMILES string of the molecule is CCCCCCCCCCCCc1cc([N+](=O)[O-])ccc1OC(=O)Oc1ccc([N+](=O)[O-])cc1CCCCCCCCCCCC. The van der Waals surface area contributed by atoms with Crippen molar-refractivity contribution in [1.82, 2.24) is 0 Å². The molecular formula is C37H56N2O7. The Morgan fingerprint density at radius 2 is 0.826 bits per heavy atom. The molecule has 0 atom stereocenters. The zero-order valence-corrected chi connectivity index (χ0v) is 28.3. The minimum absolute atomic E-state index is 0.0584. The number of hydrogen-bond acceptors (Lipinski definition) is 7. The van der Waals surface area contributed by atoms with E-state index in [-0.39, 0.29) is 22.9 Å². The maximum absolute atomic E-state index is 12.9. The van der Waals surface area contributed by atoms with Crippen molar-refractivity contribution in [3.8, 4) is 11.5 Å². The molecule has 0 radical (unpaired) electrons. The van der Waals surface area contributed by atoms with Crippen LogP contribution in [0.2, 0.25) is 0 Å². The second-order valence-electron chi connectivity index (χ2n) is 12.4. The van der Waals surface area contributed by atoms with E-state index >= 15 is 0 Å². The molecule has 0 bridgehead atoms. The topological polar surface area (TPSA) is 122 Å². The fourth-order valence-electron chi connectivity index (χ4n) is 5.75. The van der Waals surface area contributed by atoms with E-state index in [0.29, 0.717) is 24.0 Å². The molecule has 0 amide bonds. The molecule has 0 N–H and O–H groups in total. The third-order valence-electron chi connectivity index (χ3n) is 8.50. The summed E-state index contributed by atoms with van der Waals surface area (Å²) in [6.45, 7) is 4.44. The lowest BCUT2D eigenvalue weighted by molar-refractivity contribution is -0.385. The minimum Gasteiger partial charge on any atom is -0.394 e. The number of rotatable bonds is 26. The van der Waals surface area contributed by atoms with Crippen molar-refractivity contribution >= 4 is 17.5 Å². The van der Waals surface area contributed by atoms with Gasteiger partial charge < -0.3 is 9.47 Å². The summed E-state index contributed by atoms with van der Waals surface area (Å²) >= 11 is 0. The van der Waals surface area contributed by atoms with Gasteiger partial charge in [-0.1, -0.05) is 129 Å². The van der Waals surface area contributed by atoms with Gasteiger partial charge in [-0.25, -0.2) is 4.79 Å². The van der Waals surface area contributed by atoms with E-state index in [1.807, 2.05) is 0 Å². The van der Waals surface area contributed by atoms with Gasteiger partial charge in [-0.15, -0.1) is 0 Å². The molecular weight excluding hydrogens is 584 g/mol. The molecule has 2 aromatic carbocycles. The Balaban J connectivity index is 1.92. The van der Waals surface area contributed by atoms with Crippen molar-refractivity contribution in [3.05, 3.63) is 67.8 Å². The van der Waals surface area contributed by atoms with E-state index in [4.69, 9.17) is 9.47 Å². The van der Waals surface area contributed by atoms with E-state index < -0.39 is 16.0 Å². The number of ether oxygens (including phenoxy) is 2. The molecule has 0 spiro atoms. The van der Waals surface area contributed by atoms with Gasteiger partial charge >= 0.3 is 6.16 Å². The highest BCUT2D eigenvalue weighted by molar-refractivity contribution is 5.69. The molecule has 2 rings (SSSR count). The van der Waals surface area contributed by atoms with Crippen molar-refractivity contribution in [2.24, 2.45) is 0 Å². The Hall–Kier alpha value is -3.49. The highest BCUT2D eigenvalue weighted by Gasteiger charge is 2.19. The van der Waals surface area contributed by atoms with Crippen LogP contribution in [0.5, 0.6) is 11.5 Å². The number of benzene rings is 2. The summed E-state index contributed by atoms with van der Waals surface area (Å²) in [5, 5.41) is 22.8. The number of nitrogens with zero attached hydrogens (tertiary/aromatic N) is 2. The standard InChI is InChI=1S/C37H56N2O7/c1-3-5-7-9-11-13-15-17-19-21-23-31-29-33(38(41)42)25-27-35(31)45-37(40)46-36-28-26-34(39(43)44)30-32(36)24-22-20-18-16-14-12-10-8-6-4-2/h25-30H,3-24H2,1-2H3. The lowest BCUT2D eigenvalue weighted by Gasteiger charge is -2.13. The molecule has 0 aromatic heterocycles. The largest absolute Gasteiger partial charge is 0.519 e. The highest BCUT2D eigenvalue weighted by atomic mass is 16.7. The third kappa shape index (κ3) is 16.2. The first-order chi connectivity index (χ1) is 22.3. The van der Waals surface area contributed by atoms with Crippen LogP contribution in [0.4, 0.5) is 16.2 Å². The lowest BCUT2D eigenvalue weighted by atomic mass is 10.0. The molecule has 0 aliphatic heterocycles. The normalized spacial score (nSPS) is 11.0. The van der Waals surface area contributed by atoms with Gasteiger partial charge in [-0.05, 0) is 37.8 Å². The minimum atomic E-state index is -0.976. The smallest absolute Gasteiger partial charge is 0.394 e. The lowest BCUT2D eigenvalue weighted by Crippen LogP contribution is -2.16. The molecule has 0 saturated heterocycles. The van der Waals surface area contributed by atoms with E-state index in [1.165, 1.54) is 126 Å². The van der Waals surface area contributed by atoms with Gasteiger partial charge in [0.2, 0.25) is 0 Å². The Labute approximate surface area is 275 Å². The van der Waals surface area contributed by atoms with E-state index in [9.17, 15) is 25.0 Å². The van der Waals surface area contributed by atoms with Gasteiger partial charge in [0.15, 0.2) is 0 Å². The maximum Gasteiger partial charge on any atom is 0.519 e. The summed E-state index contributed by atoms with van der Waals surface area (Å²) in [5.41, 5.74) is 1.05. The summed E-state index contributed by atoms with van der Waals surface area (Å²) in [4.78, 5) is 34.8. The van der Waals surface area contributed by atoms with Crippen molar-refractivity contribution in [2.75, 3.05) is 0 Å². The van der Waals surface area contributed by atoms with Crippen molar-refractivity contribution in [3.63, 3.8) is 0 Å². The average Bonchev–Trinajstić information content (AvgIpc) is 3.03. The van der Waals surface area contributed by atoms with Crippen molar-refractivity contribution in [2.45, 2.75) is 155 Å². The van der Waals surface area contributed by atoms with E-state index in [1.54, 1.807) is 0 Å². The van der Waals surface area contributed by atoms with E-state index in [2.05, 4.69) is 13.8 Å². The molecule has 256 valence electrons. The molecule has 9 heteroatoms. The van der Waals surface area contributed by atoms with Crippen LogP contribution in [0.1, 0.15) is 153 Å². The third-order valence-corrected chi connectivity index (χ3v) is 8.50. The van der Waals surface area contributed by atoms with Gasteiger partial charge in [0, 0.05) is 35.4 Å². The molecule has 46 heavy (non-hydrogen) atoms. The molecule has 9 nitrogen and oxygen atoms in total. The number of carbonyl (C=O) groups is 1. The fourth-order valence-corrected chi connectivity index (χ4v) is 5.75. The van der Waals surface area contributed by atoms with Gasteiger partial charge in [-0.2, -0.15) is 0 Å². The highest BCUT2D eigenvalue weighted by Crippen LogP contribution is 2.29. The van der Waals surface area contributed by atoms with Crippen LogP contribution in [0.25, 0.3) is 0 Å². The second-order valence-corrected chi connectivity index (χ2v) is 12.4. The number of nitro groups is 2. The summed E-state index contributed by atoms with van der Waals surface area (Å²) in [5.74, 6) is 0.453. The fraction of sp³-hybridized carbons (Fsp3) is 0.649. The maximum atomic E-state index is 12.9. The summed E-state index contributed by atoms with van der Waals surface area (Å²) in [7, 11) is 0. The quantitative estimate of drug-likeness (QED) is 0.0329. The van der Waals surface area contributed by atoms with E-state index in [0.717, 1.165) is 38.5 Å². The Morgan fingerprint density at radius 1 is 0.522 bits per heavy atom. The zero-order valence-electron chi connectivity index (χ0n) is 28.3. The zero-order chi connectivity index (χ0) is 33.4. The second kappa shape index (κ2) is 23.8. The van der Waals surface area contributed by atoms with Gasteiger partial charge in [0.1, 0.15) is 11.5 Å². The Bertz CT molecular complexity index is 1090. The van der Waals surface area contributed by atoms with Crippen molar-refractivity contribution in [1.29, 1.82) is 0 Å². The average molecular weight is 641 g/mol. The molecule has 0 aliphatic carbocycles. The summed E-state index contributed by atoms with van der Waals surface area (Å²) < 4.78 is 11.1. The van der Waals surface area contributed by atoms with Crippen LogP contribution in [-0.2, 0) is 12.8 Å². The molecule has 0 aliphatic rings. The van der Waals surface area contributed by atoms with Gasteiger partial charge in [0.25, 0.3) is 11.4 Å². The first-order valence-electron chi connectivity index (χ1n) is 17.8. The molecule has 0 unspecified atom stereocenters.